The molecule has 1 rings (SSSR count). The molecule has 0 atom stereocenters. The predicted molar refractivity (Wildman–Crippen MR) is 67.4 cm³/mol. The number of Topliss-reactive ketones (excluding diaryl/α,β-unsaturated/α-hetero) is 1. The topological polar surface area (TPSA) is 44.1 Å². The molecular weight excluding hydrogens is 216 g/mol. The van der Waals surface area contributed by atoms with Crippen LogP contribution >= 0.6 is 0 Å². The highest BCUT2D eigenvalue weighted by atomic mass is 16.5. The molecule has 0 aliphatic heterocycles. The van der Waals surface area contributed by atoms with E-state index in [0.717, 1.165) is 12.8 Å². The van der Waals surface area contributed by atoms with Crippen LogP contribution < -0.4 is 4.74 Å². The van der Waals surface area contributed by atoms with Gasteiger partial charge >= 0.3 is 0 Å². The molecule has 0 aliphatic rings. The number of rotatable bonds is 6. The SMILES string of the molecule is CCCC(C)(C)C(=O)c1cnn(C)c1OCC. The van der Waals surface area contributed by atoms with Gasteiger partial charge in [0.1, 0.15) is 0 Å². The van der Waals surface area contributed by atoms with Crippen LogP contribution in [0.25, 0.3) is 0 Å². The van der Waals surface area contributed by atoms with Gasteiger partial charge in [-0.3, -0.25) is 4.79 Å². The minimum atomic E-state index is -0.358. The second-order valence-electron chi connectivity index (χ2n) is 4.88. The Labute approximate surface area is 103 Å². The van der Waals surface area contributed by atoms with Crippen molar-refractivity contribution < 1.29 is 9.53 Å². The summed E-state index contributed by atoms with van der Waals surface area (Å²) in [6.45, 7) is 8.47. The molecule has 1 aromatic heterocycles. The lowest BCUT2D eigenvalue weighted by Gasteiger charge is -2.22. The average Bonchev–Trinajstić information content (AvgIpc) is 2.60. The number of ketones is 1. The fraction of sp³-hybridized carbons (Fsp3) is 0.692. The van der Waals surface area contributed by atoms with Crippen molar-refractivity contribution in [3.8, 4) is 5.88 Å². The Morgan fingerprint density at radius 3 is 2.65 bits per heavy atom. The second-order valence-corrected chi connectivity index (χ2v) is 4.88. The zero-order valence-electron chi connectivity index (χ0n) is 11.4. The van der Waals surface area contributed by atoms with Gasteiger partial charge in [-0.15, -0.1) is 0 Å². The quantitative estimate of drug-likeness (QED) is 0.716. The highest BCUT2D eigenvalue weighted by Gasteiger charge is 2.31. The molecule has 0 fully saturated rings. The molecule has 0 aliphatic carbocycles. The summed E-state index contributed by atoms with van der Waals surface area (Å²) in [5.41, 5.74) is 0.233. The number of aryl methyl sites for hydroxylation is 1. The van der Waals surface area contributed by atoms with Crippen molar-refractivity contribution in [1.82, 2.24) is 9.78 Å². The lowest BCUT2D eigenvalue weighted by Crippen LogP contribution is -2.24. The minimum absolute atomic E-state index is 0.107. The molecule has 0 unspecified atom stereocenters. The van der Waals surface area contributed by atoms with E-state index in [4.69, 9.17) is 4.74 Å². The van der Waals surface area contributed by atoms with Gasteiger partial charge in [-0.25, -0.2) is 4.68 Å². The summed E-state index contributed by atoms with van der Waals surface area (Å²) in [4.78, 5) is 12.4. The summed E-state index contributed by atoms with van der Waals surface area (Å²) in [7, 11) is 1.79. The highest BCUT2D eigenvalue weighted by Crippen LogP contribution is 2.31. The number of nitrogens with zero attached hydrogens (tertiary/aromatic N) is 2. The first kappa shape index (κ1) is 13.7. The third-order valence-corrected chi connectivity index (χ3v) is 2.90. The summed E-state index contributed by atoms with van der Waals surface area (Å²) in [5, 5.41) is 4.10. The fourth-order valence-electron chi connectivity index (χ4n) is 1.99. The van der Waals surface area contributed by atoms with Gasteiger partial charge in [-0.05, 0) is 13.3 Å². The summed E-state index contributed by atoms with van der Waals surface area (Å²) in [5.74, 6) is 0.678. The Morgan fingerprint density at radius 1 is 1.47 bits per heavy atom. The van der Waals surface area contributed by atoms with E-state index in [1.165, 1.54) is 0 Å². The normalized spacial score (nSPS) is 11.6. The van der Waals surface area contributed by atoms with Gasteiger partial charge in [0.25, 0.3) is 0 Å². The van der Waals surface area contributed by atoms with Crippen molar-refractivity contribution in [3.63, 3.8) is 0 Å². The third-order valence-electron chi connectivity index (χ3n) is 2.90. The summed E-state index contributed by atoms with van der Waals surface area (Å²) in [6, 6.07) is 0. The van der Waals surface area contributed by atoms with E-state index < -0.39 is 0 Å². The van der Waals surface area contributed by atoms with Crippen molar-refractivity contribution in [2.45, 2.75) is 40.5 Å². The molecular formula is C13H22N2O2. The van der Waals surface area contributed by atoms with Gasteiger partial charge in [0.2, 0.25) is 5.88 Å². The molecule has 0 amide bonds. The molecule has 0 aromatic carbocycles. The maximum Gasteiger partial charge on any atom is 0.222 e. The molecule has 0 bridgehead atoms. The first-order valence-corrected chi connectivity index (χ1v) is 6.13. The molecule has 4 heteroatoms. The first-order chi connectivity index (χ1) is 7.94. The van der Waals surface area contributed by atoms with Crippen molar-refractivity contribution in [2.75, 3.05) is 6.61 Å². The van der Waals surface area contributed by atoms with E-state index in [9.17, 15) is 4.79 Å². The molecule has 17 heavy (non-hydrogen) atoms. The van der Waals surface area contributed by atoms with Crippen LogP contribution in [0.2, 0.25) is 0 Å². The largest absolute Gasteiger partial charge is 0.478 e. The van der Waals surface area contributed by atoms with Crippen LogP contribution in [-0.4, -0.2) is 22.2 Å². The molecule has 0 N–H and O–H groups in total. The Balaban J connectivity index is 3.03. The Kier molecular flexibility index (Phi) is 4.32. The summed E-state index contributed by atoms with van der Waals surface area (Å²) >= 11 is 0. The first-order valence-electron chi connectivity index (χ1n) is 6.13. The lowest BCUT2D eigenvalue weighted by atomic mass is 9.81. The van der Waals surface area contributed by atoms with Gasteiger partial charge in [-0.2, -0.15) is 5.10 Å². The van der Waals surface area contributed by atoms with Crippen LogP contribution in [0.1, 0.15) is 50.9 Å². The molecule has 0 saturated heterocycles. The molecule has 96 valence electrons. The molecule has 1 heterocycles. The molecule has 0 radical (unpaired) electrons. The van der Waals surface area contributed by atoms with Crippen LogP contribution in [0, 0.1) is 5.41 Å². The van der Waals surface area contributed by atoms with Crippen LogP contribution in [0.4, 0.5) is 0 Å². The standard InChI is InChI=1S/C13H22N2O2/c1-6-8-13(3,4)11(16)10-9-14-15(5)12(10)17-7-2/h9H,6-8H2,1-5H3. The highest BCUT2D eigenvalue weighted by molar-refractivity contribution is 6.01. The van der Waals surface area contributed by atoms with Crippen molar-refractivity contribution in [3.05, 3.63) is 11.8 Å². The average molecular weight is 238 g/mol. The zero-order chi connectivity index (χ0) is 13.1. The predicted octanol–water partition coefficient (Wildman–Crippen LogP) is 2.83. The Hall–Kier alpha value is -1.32. The second kappa shape index (κ2) is 5.34. The number of hydrogen-bond donors (Lipinski definition) is 0. The number of hydrogen-bond acceptors (Lipinski definition) is 3. The van der Waals surface area contributed by atoms with Gasteiger partial charge in [0.05, 0.1) is 18.4 Å². The van der Waals surface area contributed by atoms with Gasteiger partial charge in [0, 0.05) is 12.5 Å². The van der Waals surface area contributed by atoms with Crippen LogP contribution in [0.3, 0.4) is 0 Å². The van der Waals surface area contributed by atoms with Gasteiger partial charge in [0.15, 0.2) is 5.78 Å². The molecule has 4 nitrogen and oxygen atoms in total. The number of carbonyl (C=O) groups is 1. The van der Waals surface area contributed by atoms with Crippen LogP contribution in [0.5, 0.6) is 5.88 Å². The maximum atomic E-state index is 12.4. The van der Waals surface area contributed by atoms with E-state index in [-0.39, 0.29) is 11.2 Å². The Morgan fingerprint density at radius 2 is 2.12 bits per heavy atom. The number of aromatic nitrogens is 2. The third kappa shape index (κ3) is 2.87. The smallest absolute Gasteiger partial charge is 0.222 e. The lowest BCUT2D eigenvalue weighted by molar-refractivity contribution is 0.0821. The zero-order valence-corrected chi connectivity index (χ0v) is 11.4. The van der Waals surface area contributed by atoms with Crippen molar-refractivity contribution >= 4 is 5.78 Å². The van der Waals surface area contributed by atoms with Crippen LogP contribution in [0.15, 0.2) is 6.20 Å². The maximum absolute atomic E-state index is 12.4. The van der Waals surface area contributed by atoms with Crippen molar-refractivity contribution in [2.24, 2.45) is 12.5 Å². The van der Waals surface area contributed by atoms with E-state index in [1.807, 2.05) is 20.8 Å². The Bertz CT molecular complexity index is 394. The van der Waals surface area contributed by atoms with Crippen molar-refractivity contribution in [1.29, 1.82) is 0 Å². The summed E-state index contributed by atoms with van der Waals surface area (Å²) in [6.07, 6.45) is 3.46. The van der Waals surface area contributed by atoms with E-state index in [1.54, 1.807) is 17.9 Å². The van der Waals surface area contributed by atoms with E-state index in [2.05, 4.69) is 12.0 Å². The molecule has 0 spiro atoms. The molecule has 0 saturated carbocycles. The van der Waals surface area contributed by atoms with E-state index in [0.29, 0.717) is 18.1 Å². The van der Waals surface area contributed by atoms with Gasteiger partial charge in [-0.1, -0.05) is 27.2 Å². The van der Waals surface area contributed by atoms with Gasteiger partial charge < -0.3 is 4.74 Å². The minimum Gasteiger partial charge on any atom is -0.478 e. The van der Waals surface area contributed by atoms with Crippen LogP contribution in [-0.2, 0) is 7.05 Å². The molecule has 1 aromatic rings. The van der Waals surface area contributed by atoms with E-state index >= 15 is 0 Å². The summed E-state index contributed by atoms with van der Waals surface area (Å²) < 4.78 is 7.09. The monoisotopic (exact) mass is 238 g/mol. The fourth-order valence-corrected chi connectivity index (χ4v) is 1.99. The number of carbonyl (C=O) groups excluding carboxylic acids is 1. The number of ether oxygens (including phenoxy) is 1.